The molecule has 7 heteroatoms. The van der Waals surface area contributed by atoms with Crippen LogP contribution in [0.2, 0.25) is 0 Å². The molecule has 0 spiro atoms. The molecule has 0 aromatic carbocycles. The van der Waals surface area contributed by atoms with Gasteiger partial charge < -0.3 is 16.2 Å². The second kappa shape index (κ2) is 2.80. The minimum absolute atomic E-state index is 0.0396. The first-order chi connectivity index (χ1) is 6.16. The van der Waals surface area contributed by atoms with Gasteiger partial charge >= 0.3 is 0 Å². The molecule has 2 aromatic heterocycles. The standard InChI is InChI=1S/C6H5N4O2S/c7-6-9-4-1-3(10(11)12)2-8-5(4)13-6/h1-2,11H,(H2,7,9)/q-1. The quantitative estimate of drug-likeness (QED) is 0.661. The van der Waals surface area contributed by atoms with Gasteiger partial charge in [-0.05, 0) is 6.07 Å². The number of rotatable bonds is 1. The Kier molecular flexibility index (Phi) is 1.76. The van der Waals surface area contributed by atoms with E-state index in [9.17, 15) is 5.21 Å². The predicted molar refractivity (Wildman–Crippen MR) is 49.5 cm³/mol. The Morgan fingerprint density at radius 1 is 1.62 bits per heavy atom. The number of nitrogens with zero attached hydrogens (tertiary/aromatic N) is 3. The first-order valence-corrected chi connectivity index (χ1v) is 4.16. The van der Waals surface area contributed by atoms with Crippen molar-refractivity contribution in [2.24, 2.45) is 0 Å². The maximum atomic E-state index is 10.5. The lowest BCUT2D eigenvalue weighted by atomic mass is 10.4. The molecule has 0 aliphatic carbocycles. The van der Waals surface area contributed by atoms with E-state index >= 15 is 0 Å². The van der Waals surface area contributed by atoms with E-state index in [2.05, 4.69) is 9.97 Å². The number of thiazole rings is 1. The third-order valence-corrected chi connectivity index (χ3v) is 2.28. The Morgan fingerprint density at radius 2 is 2.38 bits per heavy atom. The lowest BCUT2D eigenvalue weighted by Gasteiger charge is -2.20. The monoisotopic (exact) mass is 197 g/mol. The molecular weight excluding hydrogens is 192 g/mol. The number of hydrogen-bond acceptors (Lipinski definition) is 7. The van der Waals surface area contributed by atoms with E-state index in [-0.39, 0.29) is 10.9 Å². The highest BCUT2D eigenvalue weighted by Crippen LogP contribution is 2.24. The van der Waals surface area contributed by atoms with Gasteiger partial charge in [0.05, 0.1) is 11.9 Å². The number of anilines is 2. The topological polar surface area (TPSA) is 98.3 Å². The molecule has 0 aliphatic heterocycles. The SMILES string of the molecule is Nc1nc2cc(N([O-])O)cnc2s1. The smallest absolute Gasteiger partial charge is 0.182 e. The van der Waals surface area contributed by atoms with E-state index in [1.807, 2.05) is 0 Å². The van der Waals surface area contributed by atoms with Crippen LogP contribution in [0.5, 0.6) is 0 Å². The van der Waals surface area contributed by atoms with E-state index < -0.39 is 0 Å². The molecule has 2 rings (SSSR count). The number of hydrogen-bond donors (Lipinski definition) is 2. The van der Waals surface area contributed by atoms with E-state index in [4.69, 9.17) is 10.9 Å². The Labute approximate surface area is 76.8 Å². The second-order valence-corrected chi connectivity index (χ2v) is 3.35. The molecule has 0 saturated carbocycles. The van der Waals surface area contributed by atoms with Gasteiger partial charge in [0.25, 0.3) is 0 Å². The number of fused-ring (bicyclic) bond motifs is 1. The van der Waals surface area contributed by atoms with Crippen LogP contribution in [-0.2, 0) is 0 Å². The molecule has 0 atom stereocenters. The van der Waals surface area contributed by atoms with Crippen molar-refractivity contribution in [3.05, 3.63) is 17.5 Å². The van der Waals surface area contributed by atoms with Crippen LogP contribution in [0.3, 0.4) is 0 Å². The first kappa shape index (κ1) is 8.17. The molecule has 0 radical (unpaired) electrons. The van der Waals surface area contributed by atoms with Crippen LogP contribution in [0.25, 0.3) is 10.3 Å². The van der Waals surface area contributed by atoms with Crippen molar-refractivity contribution in [1.29, 1.82) is 0 Å². The Hall–Kier alpha value is -1.44. The van der Waals surface area contributed by atoms with E-state index in [0.717, 1.165) is 0 Å². The van der Waals surface area contributed by atoms with Gasteiger partial charge in [0.2, 0.25) is 0 Å². The lowest BCUT2D eigenvalue weighted by molar-refractivity contribution is 0.296. The third-order valence-electron chi connectivity index (χ3n) is 1.47. The van der Waals surface area contributed by atoms with Crippen molar-refractivity contribution in [2.75, 3.05) is 11.0 Å². The Morgan fingerprint density at radius 3 is 3.08 bits per heavy atom. The van der Waals surface area contributed by atoms with Crippen LogP contribution in [-0.4, -0.2) is 15.2 Å². The van der Waals surface area contributed by atoms with Gasteiger partial charge in [0, 0.05) is 0 Å². The molecule has 0 unspecified atom stereocenters. The number of pyridine rings is 1. The molecule has 2 heterocycles. The lowest BCUT2D eigenvalue weighted by Crippen LogP contribution is -2.06. The van der Waals surface area contributed by atoms with Gasteiger partial charge in [-0.1, -0.05) is 11.3 Å². The van der Waals surface area contributed by atoms with Crippen LogP contribution in [0.1, 0.15) is 0 Å². The van der Waals surface area contributed by atoms with Gasteiger partial charge in [-0.25, -0.2) is 9.97 Å². The summed E-state index contributed by atoms with van der Waals surface area (Å²) < 4.78 is 0. The van der Waals surface area contributed by atoms with Crippen molar-refractivity contribution in [2.45, 2.75) is 0 Å². The summed E-state index contributed by atoms with van der Waals surface area (Å²) in [4.78, 5) is 8.45. The molecule has 0 aliphatic rings. The van der Waals surface area contributed by atoms with Gasteiger partial charge in [-0.3, -0.25) is 5.21 Å². The maximum Gasteiger partial charge on any atom is 0.182 e. The largest absolute Gasteiger partial charge is 0.733 e. The van der Waals surface area contributed by atoms with Gasteiger partial charge in [0.1, 0.15) is 10.3 Å². The molecule has 3 N–H and O–H groups in total. The summed E-state index contributed by atoms with van der Waals surface area (Å²) in [6.07, 6.45) is 1.26. The van der Waals surface area contributed by atoms with Crippen molar-refractivity contribution in [3.63, 3.8) is 0 Å². The Balaban J connectivity index is 2.61. The van der Waals surface area contributed by atoms with Gasteiger partial charge in [0.15, 0.2) is 5.13 Å². The van der Waals surface area contributed by atoms with Crippen molar-refractivity contribution >= 4 is 32.5 Å². The minimum Gasteiger partial charge on any atom is -0.733 e. The highest BCUT2D eigenvalue weighted by atomic mass is 32.1. The predicted octanol–water partition coefficient (Wildman–Crippen LogP) is 0.967. The highest BCUT2D eigenvalue weighted by molar-refractivity contribution is 7.21. The summed E-state index contributed by atoms with van der Waals surface area (Å²) >= 11 is 1.23. The van der Waals surface area contributed by atoms with Crippen LogP contribution in [0.15, 0.2) is 12.3 Å². The average Bonchev–Trinajstić information content (AvgIpc) is 2.42. The fraction of sp³-hybridized carbons (Fsp3) is 0. The molecule has 13 heavy (non-hydrogen) atoms. The van der Waals surface area contributed by atoms with Crippen LogP contribution in [0.4, 0.5) is 10.8 Å². The highest BCUT2D eigenvalue weighted by Gasteiger charge is 2.03. The van der Waals surface area contributed by atoms with Crippen LogP contribution in [0, 0.1) is 5.21 Å². The normalized spacial score (nSPS) is 10.6. The second-order valence-electron chi connectivity index (χ2n) is 2.34. The summed E-state index contributed by atoms with van der Waals surface area (Å²) in [6.45, 7) is 0. The fourth-order valence-corrected chi connectivity index (χ4v) is 1.59. The van der Waals surface area contributed by atoms with E-state index in [1.54, 1.807) is 0 Å². The van der Waals surface area contributed by atoms with Gasteiger partial charge in [-0.15, -0.1) is 0 Å². The minimum atomic E-state index is -0.262. The number of nitrogens with two attached hydrogens (primary N) is 1. The summed E-state index contributed by atoms with van der Waals surface area (Å²) in [5, 5.41) is 19.2. The molecule has 0 saturated heterocycles. The maximum absolute atomic E-state index is 10.5. The fourth-order valence-electron chi connectivity index (χ4n) is 0.934. The van der Waals surface area contributed by atoms with Crippen LogP contribution < -0.4 is 11.0 Å². The first-order valence-electron chi connectivity index (χ1n) is 3.35. The van der Waals surface area contributed by atoms with Crippen molar-refractivity contribution in [1.82, 2.24) is 9.97 Å². The number of nitrogen functional groups attached to an aromatic ring is 1. The average molecular weight is 197 g/mol. The zero-order valence-corrected chi connectivity index (χ0v) is 7.15. The molecule has 2 aromatic rings. The molecule has 6 nitrogen and oxygen atoms in total. The van der Waals surface area contributed by atoms with Crippen LogP contribution >= 0.6 is 11.3 Å². The van der Waals surface area contributed by atoms with E-state index in [1.165, 1.54) is 23.6 Å². The van der Waals surface area contributed by atoms with Gasteiger partial charge in [-0.2, -0.15) is 0 Å². The molecular formula is C6H5N4O2S-. The summed E-state index contributed by atoms with van der Waals surface area (Å²) in [5.74, 6) is 0. The Bertz CT molecular complexity index is 441. The zero-order valence-electron chi connectivity index (χ0n) is 6.34. The molecule has 0 bridgehead atoms. The molecule has 0 fully saturated rings. The molecule has 68 valence electrons. The van der Waals surface area contributed by atoms with Crippen molar-refractivity contribution in [3.8, 4) is 0 Å². The summed E-state index contributed by atoms with van der Waals surface area (Å²) in [5.41, 5.74) is 5.98. The molecule has 0 amide bonds. The zero-order chi connectivity index (χ0) is 9.42. The summed E-state index contributed by atoms with van der Waals surface area (Å²) in [7, 11) is 0. The van der Waals surface area contributed by atoms with E-state index in [0.29, 0.717) is 15.5 Å². The van der Waals surface area contributed by atoms with Crippen molar-refractivity contribution < 1.29 is 5.21 Å². The third kappa shape index (κ3) is 1.39. The summed E-state index contributed by atoms with van der Waals surface area (Å²) in [6, 6.07) is 1.42. The number of aromatic nitrogens is 2.